The summed E-state index contributed by atoms with van der Waals surface area (Å²) in [6.45, 7) is 8.56. The molecule has 1 fully saturated rings. The zero-order chi connectivity index (χ0) is 14.0. The molecule has 0 amide bonds. The monoisotopic (exact) mass is 278 g/mol. The number of carbonyl (C=O) groups is 1. The number of aliphatic carboxylic acids is 1. The molecule has 1 aliphatic heterocycles. The molecule has 1 rings (SSSR count). The van der Waals surface area contributed by atoms with Crippen LogP contribution in [0.3, 0.4) is 0 Å². The zero-order valence-corrected chi connectivity index (χ0v) is 12.0. The number of hydrogen-bond donors (Lipinski definition) is 1. The van der Waals surface area contributed by atoms with Gasteiger partial charge >= 0.3 is 5.97 Å². The minimum atomic E-state index is -3.42. The summed E-state index contributed by atoms with van der Waals surface area (Å²) in [5, 5.41) is 8.53. The Balaban J connectivity index is 2.54. The van der Waals surface area contributed by atoms with E-state index in [1.165, 1.54) is 4.31 Å². The molecule has 0 aliphatic carbocycles. The average molecular weight is 278 g/mol. The summed E-state index contributed by atoms with van der Waals surface area (Å²) in [5.41, 5.74) is 0.0386. The third-order valence-electron chi connectivity index (χ3n) is 3.15. The number of carboxylic acid groups (broad SMARTS) is 1. The van der Waals surface area contributed by atoms with Gasteiger partial charge in [0.1, 0.15) is 0 Å². The highest BCUT2D eigenvalue weighted by molar-refractivity contribution is 7.89. The van der Waals surface area contributed by atoms with Crippen LogP contribution in [-0.4, -0.2) is 66.2 Å². The first-order valence-corrected chi connectivity index (χ1v) is 7.68. The molecule has 0 aromatic rings. The van der Waals surface area contributed by atoms with Crippen molar-refractivity contribution >= 4 is 16.0 Å². The molecule has 0 saturated carbocycles. The molecule has 1 saturated heterocycles. The molecule has 0 bridgehead atoms. The molecular formula is C11H22N2O4S. The van der Waals surface area contributed by atoms with Crippen LogP contribution in [0.2, 0.25) is 0 Å². The second-order valence-electron chi connectivity index (χ2n) is 5.52. The molecule has 0 unspecified atom stereocenters. The van der Waals surface area contributed by atoms with Crippen molar-refractivity contribution < 1.29 is 18.3 Å². The van der Waals surface area contributed by atoms with Crippen LogP contribution in [0.5, 0.6) is 0 Å². The molecule has 0 radical (unpaired) electrons. The summed E-state index contributed by atoms with van der Waals surface area (Å²) in [5.74, 6) is -1.38. The maximum Gasteiger partial charge on any atom is 0.304 e. The fourth-order valence-electron chi connectivity index (χ4n) is 1.98. The van der Waals surface area contributed by atoms with Crippen molar-refractivity contribution in [2.45, 2.75) is 32.7 Å². The predicted molar refractivity (Wildman–Crippen MR) is 68.9 cm³/mol. The van der Waals surface area contributed by atoms with Gasteiger partial charge in [-0.2, -0.15) is 4.31 Å². The van der Waals surface area contributed by atoms with E-state index in [1.54, 1.807) is 0 Å². The Kier molecular flexibility index (Phi) is 4.74. The lowest BCUT2D eigenvalue weighted by molar-refractivity contribution is -0.136. The smallest absolute Gasteiger partial charge is 0.304 e. The van der Waals surface area contributed by atoms with Gasteiger partial charge in [0.15, 0.2) is 0 Å². The lowest BCUT2D eigenvalue weighted by Gasteiger charge is -2.41. The quantitative estimate of drug-likeness (QED) is 0.795. The molecular weight excluding hydrogens is 256 g/mol. The van der Waals surface area contributed by atoms with Crippen molar-refractivity contribution in [1.82, 2.24) is 9.21 Å². The van der Waals surface area contributed by atoms with Gasteiger partial charge in [-0.05, 0) is 20.8 Å². The van der Waals surface area contributed by atoms with E-state index in [-0.39, 0.29) is 17.7 Å². The minimum absolute atomic E-state index is 0.0386. The van der Waals surface area contributed by atoms with E-state index in [9.17, 15) is 13.2 Å². The van der Waals surface area contributed by atoms with Crippen LogP contribution in [0, 0.1) is 0 Å². The third kappa shape index (κ3) is 4.22. The van der Waals surface area contributed by atoms with Crippen LogP contribution in [0.15, 0.2) is 0 Å². The number of nitrogens with zero attached hydrogens (tertiary/aromatic N) is 2. The van der Waals surface area contributed by atoms with Gasteiger partial charge in [-0.1, -0.05) is 0 Å². The molecule has 1 heterocycles. The normalized spacial score (nSPS) is 19.9. The highest BCUT2D eigenvalue weighted by Gasteiger charge is 2.31. The van der Waals surface area contributed by atoms with E-state index in [1.807, 2.05) is 0 Å². The topological polar surface area (TPSA) is 77.9 Å². The Morgan fingerprint density at radius 2 is 1.67 bits per heavy atom. The Morgan fingerprint density at radius 3 is 2.06 bits per heavy atom. The molecule has 106 valence electrons. The molecule has 0 atom stereocenters. The summed E-state index contributed by atoms with van der Waals surface area (Å²) >= 11 is 0. The van der Waals surface area contributed by atoms with Crippen LogP contribution in [0.1, 0.15) is 27.2 Å². The summed E-state index contributed by atoms with van der Waals surface area (Å²) in [4.78, 5) is 12.7. The molecule has 18 heavy (non-hydrogen) atoms. The van der Waals surface area contributed by atoms with Crippen molar-refractivity contribution in [3.63, 3.8) is 0 Å². The fourth-order valence-corrected chi connectivity index (χ4v) is 3.39. The number of rotatable bonds is 4. The lowest BCUT2D eigenvalue weighted by Crippen LogP contribution is -2.54. The lowest BCUT2D eigenvalue weighted by atomic mass is 10.1. The van der Waals surface area contributed by atoms with Crippen LogP contribution in [0.25, 0.3) is 0 Å². The van der Waals surface area contributed by atoms with Crippen molar-refractivity contribution in [2.24, 2.45) is 0 Å². The Hall–Kier alpha value is -0.660. The van der Waals surface area contributed by atoms with Gasteiger partial charge in [0, 0.05) is 31.7 Å². The van der Waals surface area contributed by atoms with E-state index in [0.29, 0.717) is 26.2 Å². The van der Waals surface area contributed by atoms with Crippen LogP contribution >= 0.6 is 0 Å². The standard InChI is InChI=1S/C11H22N2O4S/c1-11(2,3)12-5-7-13(8-6-12)18(16,17)9-4-10(14)15/h4-9H2,1-3H3,(H,14,15). The van der Waals surface area contributed by atoms with Gasteiger partial charge in [0.05, 0.1) is 12.2 Å². The van der Waals surface area contributed by atoms with Crippen LogP contribution in [-0.2, 0) is 14.8 Å². The van der Waals surface area contributed by atoms with Crippen molar-refractivity contribution in [3.8, 4) is 0 Å². The Bertz CT molecular complexity index is 392. The average Bonchev–Trinajstić information content (AvgIpc) is 2.26. The number of piperazine rings is 1. The van der Waals surface area contributed by atoms with Gasteiger partial charge in [0.2, 0.25) is 10.0 Å². The Morgan fingerprint density at radius 1 is 1.17 bits per heavy atom. The molecule has 0 spiro atoms. The second-order valence-corrected chi connectivity index (χ2v) is 7.61. The van der Waals surface area contributed by atoms with Crippen LogP contribution in [0.4, 0.5) is 0 Å². The fraction of sp³-hybridized carbons (Fsp3) is 0.909. The Labute approximate surface area is 109 Å². The van der Waals surface area contributed by atoms with E-state index in [0.717, 1.165) is 0 Å². The first-order valence-electron chi connectivity index (χ1n) is 6.07. The van der Waals surface area contributed by atoms with E-state index in [2.05, 4.69) is 25.7 Å². The second kappa shape index (κ2) is 5.54. The summed E-state index contributed by atoms with van der Waals surface area (Å²) < 4.78 is 25.2. The molecule has 7 heteroatoms. The summed E-state index contributed by atoms with van der Waals surface area (Å²) in [6.07, 6.45) is -0.332. The molecule has 0 aromatic carbocycles. The first kappa shape index (κ1) is 15.4. The van der Waals surface area contributed by atoms with Crippen molar-refractivity contribution in [2.75, 3.05) is 31.9 Å². The predicted octanol–water partition coefficient (Wildman–Crippen LogP) is 0.207. The van der Waals surface area contributed by atoms with Gasteiger partial charge < -0.3 is 5.11 Å². The SMILES string of the molecule is CC(C)(C)N1CCN(S(=O)(=O)CCC(=O)O)CC1. The van der Waals surface area contributed by atoms with E-state index >= 15 is 0 Å². The molecule has 6 nitrogen and oxygen atoms in total. The van der Waals surface area contributed by atoms with Crippen molar-refractivity contribution in [1.29, 1.82) is 0 Å². The highest BCUT2D eigenvalue weighted by Crippen LogP contribution is 2.17. The van der Waals surface area contributed by atoms with Gasteiger partial charge in [0.25, 0.3) is 0 Å². The zero-order valence-electron chi connectivity index (χ0n) is 11.2. The number of carboxylic acids is 1. The van der Waals surface area contributed by atoms with Gasteiger partial charge in [-0.3, -0.25) is 9.69 Å². The molecule has 1 aliphatic rings. The van der Waals surface area contributed by atoms with Gasteiger partial charge in [-0.15, -0.1) is 0 Å². The highest BCUT2D eigenvalue weighted by atomic mass is 32.2. The van der Waals surface area contributed by atoms with Crippen LogP contribution < -0.4 is 0 Å². The summed E-state index contributed by atoms with van der Waals surface area (Å²) in [6, 6.07) is 0. The molecule has 1 N–H and O–H groups in total. The van der Waals surface area contributed by atoms with E-state index < -0.39 is 16.0 Å². The maximum atomic E-state index is 11.9. The largest absolute Gasteiger partial charge is 0.481 e. The van der Waals surface area contributed by atoms with Crippen molar-refractivity contribution in [3.05, 3.63) is 0 Å². The van der Waals surface area contributed by atoms with E-state index in [4.69, 9.17) is 5.11 Å². The van der Waals surface area contributed by atoms with Gasteiger partial charge in [-0.25, -0.2) is 8.42 Å². The minimum Gasteiger partial charge on any atom is -0.481 e. The summed E-state index contributed by atoms with van der Waals surface area (Å²) in [7, 11) is -3.42. The number of hydrogen-bond acceptors (Lipinski definition) is 4. The third-order valence-corrected chi connectivity index (χ3v) is 5.03. The number of sulfonamides is 1. The molecule has 0 aromatic heterocycles. The maximum absolute atomic E-state index is 11.9. The first-order chi connectivity index (χ1) is 8.13.